The molecule has 6 rings (SSSR count). The Morgan fingerprint density at radius 1 is 0.500 bits per heavy atom. The summed E-state index contributed by atoms with van der Waals surface area (Å²) in [6, 6.07) is 51.2. The number of anilines is 2. The Bertz CT molecular complexity index is 1830. The number of hydrogen-bond donors (Lipinski definition) is 2. The minimum atomic E-state index is -0.725. The summed E-state index contributed by atoms with van der Waals surface area (Å²) in [5.41, 5.74) is 7.83. The summed E-state index contributed by atoms with van der Waals surface area (Å²) in [4.78, 5) is 0. The number of fused-ring (bicyclic) bond motifs is 1. The number of benzene rings is 6. The first kappa shape index (κ1) is 31.6. The molecule has 3 heteroatoms. The highest BCUT2D eigenvalue weighted by atomic mass is 31.1. The summed E-state index contributed by atoms with van der Waals surface area (Å²) in [6.07, 6.45) is 0. The third kappa shape index (κ3) is 6.74. The van der Waals surface area contributed by atoms with Gasteiger partial charge in [-0.3, -0.25) is 0 Å². The van der Waals surface area contributed by atoms with E-state index in [0.29, 0.717) is 11.8 Å². The summed E-state index contributed by atoms with van der Waals surface area (Å²) in [5, 5.41) is 14.6. The van der Waals surface area contributed by atoms with E-state index in [1.54, 1.807) is 0 Å². The molecular weight excluding hydrogens is 575 g/mol. The highest BCUT2D eigenvalue weighted by Gasteiger charge is 2.23. The molecule has 0 aliphatic rings. The molecule has 0 spiro atoms. The predicted octanol–water partition coefficient (Wildman–Crippen LogP) is 10.6. The van der Waals surface area contributed by atoms with E-state index < -0.39 is 7.92 Å². The maximum atomic E-state index is 4.05. The van der Waals surface area contributed by atoms with E-state index in [0.717, 1.165) is 6.54 Å². The van der Waals surface area contributed by atoms with Crippen LogP contribution in [0, 0.1) is 0 Å². The van der Waals surface area contributed by atoms with E-state index in [4.69, 9.17) is 0 Å². The summed E-state index contributed by atoms with van der Waals surface area (Å²) in [7, 11) is -0.725. The van der Waals surface area contributed by atoms with Crippen LogP contribution in [0.1, 0.15) is 74.8 Å². The molecule has 0 bridgehead atoms. The maximum Gasteiger partial charge on any atom is 0.0492 e. The highest BCUT2D eigenvalue weighted by molar-refractivity contribution is 7.79. The maximum absolute atomic E-state index is 4.05. The lowest BCUT2D eigenvalue weighted by atomic mass is 9.92. The normalized spacial score (nSPS) is 12.2. The molecule has 0 aliphatic heterocycles. The zero-order valence-corrected chi connectivity index (χ0v) is 28.6. The SMILES string of the molecule is CC(C)c1cccc(C(C)C)c1NCc1ccc2ccccc2c1N[C@@H](C)c1ccccc1P(c1ccccc1)c1ccccc1. The average molecular weight is 621 g/mol. The zero-order valence-electron chi connectivity index (χ0n) is 27.7. The van der Waals surface area contributed by atoms with Gasteiger partial charge in [0.15, 0.2) is 0 Å². The second kappa shape index (κ2) is 14.4. The predicted molar refractivity (Wildman–Crippen MR) is 203 cm³/mol. The van der Waals surface area contributed by atoms with Crippen LogP contribution in [0.5, 0.6) is 0 Å². The van der Waals surface area contributed by atoms with Crippen molar-refractivity contribution in [3.63, 3.8) is 0 Å². The molecule has 0 saturated carbocycles. The second-order valence-corrected chi connectivity index (χ2v) is 14.9. The Morgan fingerprint density at radius 3 is 1.67 bits per heavy atom. The third-order valence-corrected chi connectivity index (χ3v) is 11.4. The minimum absolute atomic E-state index is 0.0901. The molecule has 0 amide bonds. The lowest BCUT2D eigenvalue weighted by Crippen LogP contribution is -2.25. The van der Waals surface area contributed by atoms with Crippen molar-refractivity contribution < 1.29 is 0 Å². The van der Waals surface area contributed by atoms with Crippen LogP contribution < -0.4 is 26.5 Å². The van der Waals surface area contributed by atoms with Crippen molar-refractivity contribution >= 4 is 46.0 Å². The zero-order chi connectivity index (χ0) is 32.0. The largest absolute Gasteiger partial charge is 0.380 e. The van der Waals surface area contributed by atoms with Crippen molar-refractivity contribution in [2.45, 2.75) is 59.0 Å². The lowest BCUT2D eigenvalue weighted by Gasteiger charge is -2.27. The average Bonchev–Trinajstić information content (AvgIpc) is 3.09. The summed E-state index contributed by atoms with van der Waals surface area (Å²) < 4.78 is 0. The smallest absolute Gasteiger partial charge is 0.0492 e. The molecule has 0 saturated heterocycles. The fraction of sp³-hybridized carbons (Fsp3) is 0.209. The van der Waals surface area contributed by atoms with E-state index >= 15 is 0 Å². The molecule has 46 heavy (non-hydrogen) atoms. The van der Waals surface area contributed by atoms with Crippen LogP contribution in [0.4, 0.5) is 11.4 Å². The molecule has 0 aliphatic carbocycles. The fourth-order valence-corrected chi connectivity index (χ4v) is 9.06. The van der Waals surface area contributed by atoms with Crippen LogP contribution in [0.3, 0.4) is 0 Å². The molecule has 0 unspecified atom stereocenters. The third-order valence-electron chi connectivity index (χ3n) is 8.88. The van der Waals surface area contributed by atoms with Crippen molar-refractivity contribution in [2.24, 2.45) is 0 Å². The van der Waals surface area contributed by atoms with E-state index in [2.05, 4.69) is 185 Å². The van der Waals surface area contributed by atoms with Gasteiger partial charge in [-0.05, 0) is 70.2 Å². The Morgan fingerprint density at radius 2 is 1.04 bits per heavy atom. The van der Waals surface area contributed by atoms with Gasteiger partial charge in [0, 0.05) is 29.3 Å². The van der Waals surface area contributed by atoms with Crippen LogP contribution >= 0.6 is 7.92 Å². The molecule has 0 aromatic heterocycles. The van der Waals surface area contributed by atoms with Crippen molar-refractivity contribution in [3.8, 4) is 0 Å². The van der Waals surface area contributed by atoms with Gasteiger partial charge in [-0.2, -0.15) is 0 Å². The Balaban J connectivity index is 1.40. The van der Waals surface area contributed by atoms with Gasteiger partial charge in [0.2, 0.25) is 0 Å². The van der Waals surface area contributed by atoms with Gasteiger partial charge in [-0.25, -0.2) is 0 Å². The standard InChI is InChI=1S/C43H45N2P/c1-30(2)37-24-16-25-38(31(3)4)43(37)44-29-34-28-27-33-17-12-13-23-40(33)42(34)45-32(5)39-22-14-15-26-41(39)46(35-18-8-6-9-19-35)36-20-10-7-11-21-36/h6-28,30-32,44-45H,29H2,1-5H3/t32-/m0/s1. The van der Waals surface area contributed by atoms with Gasteiger partial charge in [-0.1, -0.05) is 167 Å². The minimum Gasteiger partial charge on any atom is -0.380 e. The Hall–Kier alpha value is -4.39. The lowest BCUT2D eigenvalue weighted by molar-refractivity contribution is 0.832. The first-order chi connectivity index (χ1) is 22.4. The molecule has 232 valence electrons. The molecule has 6 aromatic rings. The van der Waals surface area contributed by atoms with E-state index in [1.807, 2.05) is 0 Å². The van der Waals surface area contributed by atoms with Crippen LogP contribution in [-0.4, -0.2) is 0 Å². The topological polar surface area (TPSA) is 24.1 Å². The Labute approximate surface area is 276 Å². The molecule has 1 atom stereocenters. The van der Waals surface area contributed by atoms with Crippen molar-refractivity contribution in [2.75, 3.05) is 10.6 Å². The molecular formula is C43H45N2P. The van der Waals surface area contributed by atoms with Crippen LogP contribution in [0.25, 0.3) is 10.8 Å². The summed E-state index contributed by atoms with van der Waals surface area (Å²) in [5.74, 6) is 0.882. The first-order valence-corrected chi connectivity index (χ1v) is 17.9. The monoisotopic (exact) mass is 620 g/mol. The molecule has 0 heterocycles. The van der Waals surface area contributed by atoms with E-state index in [9.17, 15) is 0 Å². The van der Waals surface area contributed by atoms with Crippen molar-refractivity contribution in [1.82, 2.24) is 0 Å². The van der Waals surface area contributed by atoms with Crippen LogP contribution in [0.2, 0.25) is 0 Å². The van der Waals surface area contributed by atoms with Crippen LogP contribution in [0.15, 0.2) is 140 Å². The molecule has 0 radical (unpaired) electrons. The van der Waals surface area contributed by atoms with Gasteiger partial charge in [-0.15, -0.1) is 0 Å². The molecule has 2 nitrogen and oxygen atoms in total. The van der Waals surface area contributed by atoms with Crippen LogP contribution in [-0.2, 0) is 6.54 Å². The van der Waals surface area contributed by atoms with Gasteiger partial charge >= 0.3 is 0 Å². The van der Waals surface area contributed by atoms with Gasteiger partial charge < -0.3 is 10.6 Å². The van der Waals surface area contributed by atoms with Crippen molar-refractivity contribution in [3.05, 3.63) is 162 Å². The van der Waals surface area contributed by atoms with Gasteiger partial charge in [0.05, 0.1) is 0 Å². The quantitative estimate of drug-likeness (QED) is 0.141. The first-order valence-electron chi connectivity index (χ1n) is 16.6. The van der Waals surface area contributed by atoms with E-state index in [1.165, 1.54) is 60.3 Å². The van der Waals surface area contributed by atoms with Gasteiger partial charge in [0.25, 0.3) is 0 Å². The second-order valence-electron chi connectivity index (χ2n) is 12.7. The number of nitrogens with one attached hydrogen (secondary N) is 2. The number of rotatable bonds is 11. The summed E-state index contributed by atoms with van der Waals surface area (Å²) >= 11 is 0. The van der Waals surface area contributed by atoms with Gasteiger partial charge in [0.1, 0.15) is 0 Å². The highest BCUT2D eigenvalue weighted by Crippen LogP contribution is 2.38. The number of para-hydroxylation sites is 1. The molecule has 2 N–H and O–H groups in total. The molecule has 0 fully saturated rings. The summed E-state index contributed by atoms with van der Waals surface area (Å²) in [6.45, 7) is 12.2. The number of hydrogen-bond acceptors (Lipinski definition) is 2. The fourth-order valence-electron chi connectivity index (χ4n) is 6.51. The molecule has 6 aromatic carbocycles. The van der Waals surface area contributed by atoms with Crippen molar-refractivity contribution in [1.29, 1.82) is 0 Å². The Kier molecular flexibility index (Phi) is 9.86. The van der Waals surface area contributed by atoms with E-state index in [-0.39, 0.29) is 6.04 Å².